The van der Waals surface area contributed by atoms with Gasteiger partial charge in [0.05, 0.1) is 22.7 Å². The molecule has 0 fully saturated rings. The molecule has 1 aliphatic carbocycles. The highest BCUT2D eigenvalue weighted by atomic mass is 19.4. The van der Waals surface area contributed by atoms with Crippen LogP contribution in [-0.4, -0.2) is 33.2 Å². The van der Waals surface area contributed by atoms with Crippen LogP contribution in [0.15, 0.2) is 52.2 Å². The molecule has 2 aliphatic rings. The number of halogens is 3. The summed E-state index contributed by atoms with van der Waals surface area (Å²) in [6, 6.07) is 7.24. The number of hydrogen-bond donors (Lipinski definition) is 1. The molecule has 3 aromatic rings. The van der Waals surface area contributed by atoms with Gasteiger partial charge in [-0.25, -0.2) is 9.59 Å². The van der Waals surface area contributed by atoms with E-state index < -0.39 is 46.0 Å². The van der Waals surface area contributed by atoms with Gasteiger partial charge in [-0.3, -0.25) is 18.7 Å². The molecule has 1 amide bonds. The van der Waals surface area contributed by atoms with E-state index >= 15 is 0 Å². The van der Waals surface area contributed by atoms with Crippen LogP contribution in [0.2, 0.25) is 0 Å². The Morgan fingerprint density at radius 1 is 1.11 bits per heavy atom. The number of carbonyl (C=O) groups excluding carboxylic acids is 1. The molecule has 0 bridgehead atoms. The molecule has 11 heteroatoms. The zero-order valence-electron chi connectivity index (χ0n) is 20.1. The Bertz CT molecular complexity index is 1620. The number of fused-ring (bicyclic) bond motifs is 2. The van der Waals surface area contributed by atoms with Crippen LogP contribution in [0.25, 0.3) is 5.69 Å². The number of carboxylic acids is 1. The normalized spacial score (nSPS) is 18.2. The van der Waals surface area contributed by atoms with Crippen LogP contribution in [-0.2, 0) is 22.8 Å². The molecule has 1 aromatic heterocycles. The van der Waals surface area contributed by atoms with Crippen molar-refractivity contribution in [3.8, 4) is 5.69 Å². The second-order valence-corrected chi connectivity index (χ2v) is 9.79. The maximum Gasteiger partial charge on any atom is 0.416 e. The summed E-state index contributed by atoms with van der Waals surface area (Å²) in [5.41, 5.74) is -2.84. The molecule has 0 radical (unpaired) electrons. The van der Waals surface area contributed by atoms with Crippen LogP contribution in [0.3, 0.4) is 0 Å². The Balaban J connectivity index is 1.74. The summed E-state index contributed by atoms with van der Waals surface area (Å²) in [7, 11) is 1.62. The Morgan fingerprint density at radius 2 is 1.81 bits per heavy atom. The first-order valence-corrected chi connectivity index (χ1v) is 11.5. The first-order chi connectivity index (χ1) is 17.2. The van der Waals surface area contributed by atoms with Crippen LogP contribution in [0.4, 0.5) is 18.9 Å². The summed E-state index contributed by atoms with van der Waals surface area (Å²) >= 11 is 0. The molecule has 2 heterocycles. The minimum atomic E-state index is -4.61. The van der Waals surface area contributed by atoms with Crippen LogP contribution >= 0.6 is 0 Å². The number of carbonyl (C=O) groups is 2. The highest BCUT2D eigenvalue weighted by Crippen LogP contribution is 2.42. The van der Waals surface area contributed by atoms with Gasteiger partial charge in [0.15, 0.2) is 0 Å². The highest BCUT2D eigenvalue weighted by molar-refractivity contribution is 6.07. The number of rotatable bonds is 3. The highest BCUT2D eigenvalue weighted by Gasteiger charge is 2.43. The van der Waals surface area contributed by atoms with E-state index in [2.05, 4.69) is 0 Å². The lowest BCUT2D eigenvalue weighted by atomic mass is 9.86. The van der Waals surface area contributed by atoms with Gasteiger partial charge in [-0.1, -0.05) is 12.1 Å². The van der Waals surface area contributed by atoms with E-state index in [0.29, 0.717) is 11.3 Å². The fourth-order valence-corrected chi connectivity index (χ4v) is 5.46. The second-order valence-electron chi connectivity index (χ2n) is 9.79. The summed E-state index contributed by atoms with van der Waals surface area (Å²) in [6.45, 7) is 3.45. The SMILES string of the molecule is CN1C(=O)C(C)(C)c2cc(-n3cc(C(=O)O)c(=O)n(C4CCc5c4cccc5C(F)(F)F)c3=O)ccc21. The van der Waals surface area contributed by atoms with Crippen molar-refractivity contribution < 1.29 is 27.9 Å². The molecule has 8 nitrogen and oxygen atoms in total. The van der Waals surface area contributed by atoms with Gasteiger partial charge in [0, 0.05) is 18.9 Å². The van der Waals surface area contributed by atoms with Gasteiger partial charge in [0.2, 0.25) is 5.91 Å². The van der Waals surface area contributed by atoms with Crippen molar-refractivity contribution in [3.05, 3.63) is 91.3 Å². The third-order valence-corrected chi connectivity index (χ3v) is 7.34. The number of aromatic nitrogens is 2. The molecule has 0 saturated heterocycles. The second kappa shape index (κ2) is 7.92. The third-order valence-electron chi connectivity index (χ3n) is 7.34. The fraction of sp³-hybridized carbons (Fsp3) is 0.308. The molecule has 1 unspecified atom stereocenters. The topological polar surface area (TPSA) is 102 Å². The molecule has 0 spiro atoms. The van der Waals surface area contributed by atoms with Crippen LogP contribution in [0.1, 0.15) is 58.9 Å². The lowest BCUT2D eigenvalue weighted by Gasteiger charge is -2.20. The molecule has 37 heavy (non-hydrogen) atoms. The molecular weight excluding hydrogens is 491 g/mol. The van der Waals surface area contributed by atoms with Crippen LogP contribution in [0, 0.1) is 0 Å². The number of benzene rings is 2. The van der Waals surface area contributed by atoms with E-state index in [4.69, 9.17) is 0 Å². The molecule has 1 aliphatic heterocycles. The van der Waals surface area contributed by atoms with Gasteiger partial charge >= 0.3 is 17.8 Å². The molecule has 0 saturated carbocycles. The first-order valence-electron chi connectivity index (χ1n) is 11.5. The third kappa shape index (κ3) is 3.52. The average molecular weight is 513 g/mol. The summed E-state index contributed by atoms with van der Waals surface area (Å²) < 4.78 is 42.4. The van der Waals surface area contributed by atoms with Crippen molar-refractivity contribution >= 4 is 17.6 Å². The Morgan fingerprint density at radius 3 is 2.46 bits per heavy atom. The largest absolute Gasteiger partial charge is 0.477 e. The number of amides is 1. The van der Waals surface area contributed by atoms with Crippen molar-refractivity contribution in [2.24, 2.45) is 0 Å². The van der Waals surface area contributed by atoms with Gasteiger partial charge in [0.25, 0.3) is 5.56 Å². The van der Waals surface area contributed by atoms with E-state index in [1.165, 1.54) is 23.1 Å². The van der Waals surface area contributed by atoms with Gasteiger partial charge in [-0.15, -0.1) is 0 Å². The lowest BCUT2D eigenvalue weighted by molar-refractivity contribution is -0.138. The van der Waals surface area contributed by atoms with Crippen molar-refractivity contribution in [1.29, 1.82) is 0 Å². The molecule has 2 aromatic carbocycles. The van der Waals surface area contributed by atoms with Crippen LogP contribution in [0.5, 0.6) is 0 Å². The van der Waals surface area contributed by atoms with Gasteiger partial charge in [0.1, 0.15) is 5.56 Å². The van der Waals surface area contributed by atoms with Crippen molar-refractivity contribution in [3.63, 3.8) is 0 Å². The van der Waals surface area contributed by atoms with Crippen molar-refractivity contribution in [2.75, 3.05) is 11.9 Å². The van der Waals surface area contributed by atoms with Crippen molar-refractivity contribution in [2.45, 2.75) is 44.3 Å². The van der Waals surface area contributed by atoms with Gasteiger partial charge < -0.3 is 10.0 Å². The Labute approximate surface area is 208 Å². The standard InChI is InChI=1S/C26H22F3N3O5/c1-25(2)18-11-13(7-9-20(18)30(3)23(25)36)31-12-16(22(34)35)21(33)32(24(31)37)19-10-8-14-15(19)5-4-6-17(14)26(27,28)29/h4-7,9,11-12,19H,8,10H2,1-3H3,(H,34,35). The average Bonchev–Trinajstić information content (AvgIpc) is 3.32. The lowest BCUT2D eigenvalue weighted by Crippen LogP contribution is -2.43. The molecule has 1 atom stereocenters. The molecule has 192 valence electrons. The Kier molecular flexibility index (Phi) is 5.26. The molecular formula is C26H22F3N3O5. The monoisotopic (exact) mass is 513 g/mol. The van der Waals surface area contributed by atoms with Gasteiger partial charge in [-0.05, 0) is 67.6 Å². The van der Waals surface area contributed by atoms with Crippen LogP contribution < -0.4 is 16.1 Å². The van der Waals surface area contributed by atoms with Gasteiger partial charge in [-0.2, -0.15) is 13.2 Å². The number of alkyl halides is 3. The summed E-state index contributed by atoms with van der Waals surface area (Å²) in [4.78, 5) is 53.0. The zero-order valence-corrected chi connectivity index (χ0v) is 20.1. The van der Waals surface area contributed by atoms with E-state index in [-0.39, 0.29) is 35.6 Å². The maximum atomic E-state index is 13.7. The summed E-state index contributed by atoms with van der Waals surface area (Å²) in [5.74, 6) is -1.74. The predicted octanol–water partition coefficient (Wildman–Crippen LogP) is 3.51. The predicted molar refractivity (Wildman–Crippen MR) is 128 cm³/mol. The zero-order chi connectivity index (χ0) is 27.0. The molecule has 1 N–H and O–H groups in total. The minimum absolute atomic E-state index is 0.0144. The summed E-state index contributed by atoms with van der Waals surface area (Å²) in [5, 5.41) is 9.72. The summed E-state index contributed by atoms with van der Waals surface area (Å²) in [6.07, 6.45) is -3.70. The quantitative estimate of drug-likeness (QED) is 0.578. The van der Waals surface area contributed by atoms with Crippen molar-refractivity contribution in [1.82, 2.24) is 9.13 Å². The minimum Gasteiger partial charge on any atom is -0.477 e. The van der Waals surface area contributed by atoms with E-state index in [1.54, 1.807) is 33.0 Å². The van der Waals surface area contributed by atoms with E-state index in [1.807, 2.05) is 0 Å². The van der Waals surface area contributed by atoms with E-state index in [0.717, 1.165) is 21.4 Å². The first kappa shape index (κ1) is 24.5. The molecule has 5 rings (SSSR count). The number of hydrogen-bond acceptors (Lipinski definition) is 4. The van der Waals surface area contributed by atoms with E-state index in [9.17, 15) is 37.5 Å². The Hall–Kier alpha value is -4.15. The number of aromatic carboxylic acids is 1. The number of likely N-dealkylation sites (N-methyl/N-ethyl adjacent to an activating group) is 1. The maximum absolute atomic E-state index is 13.7. The number of nitrogens with zero attached hydrogens (tertiary/aromatic N) is 3. The smallest absolute Gasteiger partial charge is 0.416 e. The number of anilines is 1. The fourth-order valence-electron chi connectivity index (χ4n) is 5.46. The number of carboxylic acid groups (broad SMARTS) is 1.